The number of nitroso groups, excluding NO2 is 1. The van der Waals surface area contributed by atoms with Crippen molar-refractivity contribution in [1.82, 2.24) is 4.98 Å². The number of H-pyrrole nitrogens is 1. The van der Waals surface area contributed by atoms with Gasteiger partial charge in [-0.1, -0.05) is 38.0 Å². The van der Waals surface area contributed by atoms with Crippen LogP contribution in [0.15, 0.2) is 23.4 Å². The highest BCUT2D eigenvalue weighted by Crippen LogP contribution is 2.36. The van der Waals surface area contributed by atoms with Crippen LogP contribution in [0.5, 0.6) is 5.88 Å². The van der Waals surface area contributed by atoms with Crippen LogP contribution in [-0.2, 0) is 6.42 Å². The maximum Gasteiger partial charge on any atom is 0.219 e. The highest BCUT2D eigenvalue weighted by molar-refractivity contribution is 5.96. The van der Waals surface area contributed by atoms with Crippen molar-refractivity contribution in [3.05, 3.63) is 28.7 Å². The topological polar surface area (TPSA) is 65.4 Å². The van der Waals surface area contributed by atoms with Gasteiger partial charge >= 0.3 is 0 Å². The molecule has 1 aromatic heterocycles. The summed E-state index contributed by atoms with van der Waals surface area (Å²) >= 11 is 0. The zero-order valence-electron chi connectivity index (χ0n) is 9.86. The Labute approximate surface area is 99.6 Å². The first kappa shape index (κ1) is 11.6. The summed E-state index contributed by atoms with van der Waals surface area (Å²) < 4.78 is 0. The molecule has 0 radical (unpaired) electrons. The molecule has 0 bridgehead atoms. The van der Waals surface area contributed by atoms with Gasteiger partial charge in [-0.2, -0.15) is 0 Å². The molecule has 1 aromatic carbocycles. The van der Waals surface area contributed by atoms with Gasteiger partial charge in [0, 0.05) is 5.39 Å². The molecule has 17 heavy (non-hydrogen) atoms. The lowest BCUT2D eigenvalue weighted by atomic mass is 10.0. The van der Waals surface area contributed by atoms with Gasteiger partial charge in [0.2, 0.25) is 5.88 Å². The van der Waals surface area contributed by atoms with Crippen molar-refractivity contribution < 1.29 is 5.11 Å². The van der Waals surface area contributed by atoms with Crippen molar-refractivity contribution in [3.8, 4) is 5.88 Å². The molecule has 4 nitrogen and oxygen atoms in total. The molecule has 0 aliphatic heterocycles. The van der Waals surface area contributed by atoms with E-state index in [0.717, 1.165) is 23.9 Å². The van der Waals surface area contributed by atoms with Gasteiger partial charge in [0.1, 0.15) is 0 Å². The number of aromatic amines is 1. The van der Waals surface area contributed by atoms with Crippen LogP contribution in [0.1, 0.15) is 31.7 Å². The number of hydrogen-bond donors (Lipinski definition) is 2. The predicted octanol–water partition coefficient (Wildman–Crippen LogP) is 4.00. The molecule has 0 atom stereocenters. The van der Waals surface area contributed by atoms with Gasteiger partial charge < -0.3 is 10.1 Å². The van der Waals surface area contributed by atoms with Crippen LogP contribution >= 0.6 is 0 Å². The van der Waals surface area contributed by atoms with E-state index in [1.54, 1.807) is 6.07 Å². The van der Waals surface area contributed by atoms with Crippen molar-refractivity contribution in [3.63, 3.8) is 0 Å². The summed E-state index contributed by atoms with van der Waals surface area (Å²) in [6.45, 7) is 2.16. The summed E-state index contributed by atoms with van der Waals surface area (Å²) in [7, 11) is 0. The number of nitrogens with one attached hydrogen (secondary N) is 1. The molecule has 1 heterocycles. The van der Waals surface area contributed by atoms with Gasteiger partial charge in [-0.15, -0.1) is 4.91 Å². The highest BCUT2D eigenvalue weighted by Gasteiger charge is 2.13. The molecule has 90 valence electrons. The molecule has 0 aliphatic rings. The van der Waals surface area contributed by atoms with Gasteiger partial charge in [-0.3, -0.25) is 0 Å². The lowest BCUT2D eigenvalue weighted by Gasteiger charge is -2.02. The summed E-state index contributed by atoms with van der Waals surface area (Å²) in [4.78, 5) is 13.5. The number of fused-ring (bicyclic) bond motifs is 1. The summed E-state index contributed by atoms with van der Waals surface area (Å²) in [5, 5.41) is 13.1. The van der Waals surface area contributed by atoms with E-state index < -0.39 is 0 Å². The second-order valence-electron chi connectivity index (χ2n) is 4.21. The van der Waals surface area contributed by atoms with Gasteiger partial charge in [0.25, 0.3) is 0 Å². The molecule has 0 fully saturated rings. The average Bonchev–Trinajstić information content (AvgIpc) is 2.66. The number of nitrogens with zero attached hydrogens (tertiary/aromatic N) is 1. The van der Waals surface area contributed by atoms with Crippen LogP contribution in [0, 0.1) is 4.91 Å². The first-order valence-electron chi connectivity index (χ1n) is 5.93. The standard InChI is InChI=1S/C13H16N2O2/c1-2-3-4-6-9-7-5-8-10-11(9)14-13(16)12(10)15-17/h5,7-8,14,16H,2-4,6H2,1H3. The fraction of sp³-hybridized carbons (Fsp3) is 0.385. The third kappa shape index (κ3) is 2.16. The van der Waals surface area contributed by atoms with Gasteiger partial charge in [-0.25, -0.2) is 0 Å². The molecule has 0 aliphatic carbocycles. The van der Waals surface area contributed by atoms with Crippen molar-refractivity contribution in [2.75, 3.05) is 0 Å². The van der Waals surface area contributed by atoms with Crippen LogP contribution in [0.25, 0.3) is 10.9 Å². The third-order valence-corrected chi connectivity index (χ3v) is 3.01. The fourth-order valence-electron chi connectivity index (χ4n) is 2.12. The zero-order valence-corrected chi connectivity index (χ0v) is 9.86. The number of rotatable bonds is 5. The minimum atomic E-state index is -0.141. The summed E-state index contributed by atoms with van der Waals surface area (Å²) in [6.07, 6.45) is 4.41. The SMILES string of the molecule is CCCCCc1cccc2c(N=O)c(O)[nH]c12. The van der Waals surface area contributed by atoms with E-state index in [0.29, 0.717) is 5.39 Å². The predicted molar refractivity (Wildman–Crippen MR) is 68.6 cm³/mol. The van der Waals surface area contributed by atoms with Crippen molar-refractivity contribution in [2.24, 2.45) is 5.18 Å². The van der Waals surface area contributed by atoms with E-state index in [-0.39, 0.29) is 11.6 Å². The Bertz CT molecular complexity index is 531. The highest BCUT2D eigenvalue weighted by atomic mass is 16.3. The Kier molecular flexibility index (Phi) is 3.42. The van der Waals surface area contributed by atoms with Crippen molar-refractivity contribution >= 4 is 16.6 Å². The molecule has 2 N–H and O–H groups in total. The Morgan fingerprint density at radius 1 is 1.35 bits per heavy atom. The Hall–Kier alpha value is -1.84. The molecule has 4 heteroatoms. The Morgan fingerprint density at radius 3 is 2.88 bits per heavy atom. The molecule has 0 saturated carbocycles. The molecule has 0 saturated heterocycles. The molecule has 2 rings (SSSR count). The summed E-state index contributed by atoms with van der Waals surface area (Å²) in [5.41, 5.74) is 2.06. The monoisotopic (exact) mass is 232 g/mol. The summed E-state index contributed by atoms with van der Waals surface area (Å²) in [6, 6.07) is 5.71. The number of aryl methyl sites for hydroxylation is 1. The van der Waals surface area contributed by atoms with Gasteiger partial charge in [0.05, 0.1) is 5.52 Å². The first-order chi connectivity index (χ1) is 8.27. The third-order valence-electron chi connectivity index (χ3n) is 3.01. The van der Waals surface area contributed by atoms with E-state index >= 15 is 0 Å². The quantitative estimate of drug-likeness (QED) is 0.604. The normalized spacial score (nSPS) is 10.9. The molecular formula is C13H16N2O2. The van der Waals surface area contributed by atoms with E-state index in [4.69, 9.17) is 0 Å². The Morgan fingerprint density at radius 2 is 2.18 bits per heavy atom. The van der Waals surface area contributed by atoms with E-state index in [1.807, 2.05) is 12.1 Å². The summed E-state index contributed by atoms with van der Waals surface area (Å²) in [5.74, 6) is -0.141. The van der Waals surface area contributed by atoms with Crippen LogP contribution < -0.4 is 0 Å². The number of aromatic nitrogens is 1. The number of para-hydroxylation sites is 1. The molecule has 2 aromatic rings. The number of aromatic hydroxyl groups is 1. The van der Waals surface area contributed by atoms with Crippen LogP contribution in [0.3, 0.4) is 0 Å². The molecule has 0 amide bonds. The smallest absolute Gasteiger partial charge is 0.219 e. The molecule has 0 unspecified atom stereocenters. The van der Waals surface area contributed by atoms with Gasteiger partial charge in [0.15, 0.2) is 5.69 Å². The minimum Gasteiger partial charge on any atom is -0.493 e. The largest absolute Gasteiger partial charge is 0.493 e. The van der Waals surface area contributed by atoms with Crippen molar-refractivity contribution in [1.29, 1.82) is 0 Å². The molecular weight excluding hydrogens is 216 g/mol. The lowest BCUT2D eigenvalue weighted by Crippen LogP contribution is -1.87. The maximum atomic E-state index is 10.6. The van der Waals surface area contributed by atoms with E-state index in [2.05, 4.69) is 17.1 Å². The van der Waals surface area contributed by atoms with E-state index in [1.165, 1.54) is 12.8 Å². The van der Waals surface area contributed by atoms with Gasteiger partial charge in [-0.05, 0) is 23.6 Å². The number of unbranched alkanes of at least 4 members (excludes halogenated alkanes) is 2. The molecule has 0 spiro atoms. The second kappa shape index (κ2) is 4.99. The minimum absolute atomic E-state index is 0.109. The Balaban J connectivity index is 2.40. The average molecular weight is 232 g/mol. The zero-order chi connectivity index (χ0) is 12.3. The second-order valence-corrected chi connectivity index (χ2v) is 4.21. The van der Waals surface area contributed by atoms with Crippen LogP contribution in [0.2, 0.25) is 0 Å². The van der Waals surface area contributed by atoms with Crippen LogP contribution in [-0.4, -0.2) is 10.1 Å². The maximum absolute atomic E-state index is 10.6. The van der Waals surface area contributed by atoms with E-state index in [9.17, 15) is 10.0 Å². The lowest BCUT2D eigenvalue weighted by molar-refractivity contribution is 0.460. The fourth-order valence-corrected chi connectivity index (χ4v) is 2.12. The van der Waals surface area contributed by atoms with Crippen molar-refractivity contribution in [2.45, 2.75) is 32.6 Å². The number of hydrogen-bond acceptors (Lipinski definition) is 3. The number of benzene rings is 1. The van der Waals surface area contributed by atoms with Crippen LogP contribution in [0.4, 0.5) is 5.69 Å². The first-order valence-corrected chi connectivity index (χ1v) is 5.93.